The molecule has 0 bridgehead atoms. The molecule has 0 saturated heterocycles. The number of fused-ring (bicyclic) bond motifs is 1. The highest BCUT2D eigenvalue weighted by Crippen LogP contribution is 2.46. The van der Waals surface area contributed by atoms with Crippen LogP contribution in [-0.4, -0.2) is 30.9 Å². The van der Waals surface area contributed by atoms with Crippen LogP contribution in [-0.2, 0) is 12.8 Å². The van der Waals surface area contributed by atoms with E-state index in [9.17, 15) is 4.79 Å². The lowest BCUT2D eigenvalue weighted by Gasteiger charge is -2.12. The number of hydrogen-bond acceptors (Lipinski definition) is 4. The van der Waals surface area contributed by atoms with Gasteiger partial charge in [-0.2, -0.15) is 0 Å². The van der Waals surface area contributed by atoms with Gasteiger partial charge in [0.25, 0.3) is 0 Å². The number of thioether (sulfide) groups is 1. The highest BCUT2D eigenvalue weighted by atomic mass is 32.2. The molecule has 0 aliphatic heterocycles. The van der Waals surface area contributed by atoms with Gasteiger partial charge in [0, 0.05) is 34.6 Å². The molecule has 2 saturated carbocycles. The Bertz CT molecular complexity index is 1180. The van der Waals surface area contributed by atoms with Gasteiger partial charge in [-0.05, 0) is 88.1 Å². The molecule has 1 aromatic carbocycles. The maximum absolute atomic E-state index is 13.2. The Kier molecular flexibility index (Phi) is 4.60. The quantitative estimate of drug-likeness (QED) is 0.372. The van der Waals surface area contributed by atoms with Gasteiger partial charge in [0.05, 0.1) is 5.75 Å². The second-order valence-electron chi connectivity index (χ2n) is 9.35. The number of carbonyl (C=O) groups excluding carboxylic acids is 1. The molecular formula is C25H28N4OS. The number of Topliss-reactive ketones (excluding diaryl/α,β-unsaturated/α-hetero) is 1. The summed E-state index contributed by atoms with van der Waals surface area (Å²) in [5, 5.41) is 9.84. The summed E-state index contributed by atoms with van der Waals surface area (Å²) in [6.07, 6.45) is 8.47. The van der Waals surface area contributed by atoms with Crippen molar-refractivity contribution >= 4 is 17.5 Å². The zero-order valence-corrected chi connectivity index (χ0v) is 19.0. The molecule has 3 aliphatic rings. The molecule has 0 spiro atoms. The number of rotatable bonds is 7. The highest BCUT2D eigenvalue weighted by Gasteiger charge is 2.36. The monoisotopic (exact) mass is 432 g/mol. The van der Waals surface area contributed by atoms with Crippen molar-refractivity contribution in [2.75, 3.05) is 5.75 Å². The number of ketones is 1. The van der Waals surface area contributed by atoms with Gasteiger partial charge in [-0.15, -0.1) is 10.2 Å². The maximum Gasteiger partial charge on any atom is 0.191 e. The zero-order chi connectivity index (χ0) is 21.1. The first-order valence-electron chi connectivity index (χ1n) is 11.5. The van der Waals surface area contributed by atoms with Crippen LogP contribution in [0.3, 0.4) is 0 Å². The molecule has 2 heterocycles. The highest BCUT2D eigenvalue weighted by molar-refractivity contribution is 7.99. The SMILES string of the molecule is Cc1cc(C(=O)CSc2nnc(C3CC3)n2C2CC2)c(C)n1-c1ccc2c(c1)CCC2. The van der Waals surface area contributed by atoms with Gasteiger partial charge >= 0.3 is 0 Å². The molecule has 6 heteroatoms. The molecule has 2 fully saturated rings. The van der Waals surface area contributed by atoms with Crippen LogP contribution in [0.1, 0.15) is 82.8 Å². The van der Waals surface area contributed by atoms with E-state index < -0.39 is 0 Å². The Morgan fingerprint density at radius 2 is 1.87 bits per heavy atom. The minimum Gasteiger partial charge on any atom is -0.318 e. The number of nitrogens with zero attached hydrogens (tertiary/aromatic N) is 4. The van der Waals surface area contributed by atoms with Crippen molar-refractivity contribution in [2.45, 2.75) is 75.9 Å². The standard InChI is InChI=1S/C25H28N4OS/c1-15-12-22(16(2)28(15)21-9-8-17-4-3-5-19(17)13-21)23(30)14-31-25-27-26-24(18-6-7-18)29(25)20-10-11-20/h8-9,12-13,18,20H,3-7,10-11,14H2,1-2H3. The van der Waals surface area contributed by atoms with Crippen LogP contribution in [0.15, 0.2) is 29.4 Å². The summed E-state index contributed by atoms with van der Waals surface area (Å²) in [6, 6.07) is 9.36. The lowest BCUT2D eigenvalue weighted by Crippen LogP contribution is -2.07. The Labute approximate surface area is 187 Å². The van der Waals surface area contributed by atoms with E-state index in [0.717, 1.165) is 34.4 Å². The molecule has 3 aromatic rings. The average molecular weight is 433 g/mol. The Morgan fingerprint density at radius 3 is 2.65 bits per heavy atom. The molecule has 160 valence electrons. The van der Waals surface area contributed by atoms with Crippen LogP contribution in [0.4, 0.5) is 0 Å². The summed E-state index contributed by atoms with van der Waals surface area (Å²) in [5.74, 6) is 2.31. The van der Waals surface area contributed by atoms with Gasteiger partial charge in [-0.3, -0.25) is 4.79 Å². The minimum absolute atomic E-state index is 0.170. The molecule has 0 amide bonds. The largest absolute Gasteiger partial charge is 0.318 e. The van der Waals surface area contributed by atoms with Crippen molar-refractivity contribution in [1.82, 2.24) is 19.3 Å². The third-order valence-electron chi connectivity index (χ3n) is 6.95. The first kappa shape index (κ1) is 19.4. The van der Waals surface area contributed by atoms with Gasteiger partial charge in [0.1, 0.15) is 5.82 Å². The topological polar surface area (TPSA) is 52.7 Å². The van der Waals surface area contributed by atoms with E-state index in [-0.39, 0.29) is 5.78 Å². The fourth-order valence-electron chi connectivity index (χ4n) is 5.03. The minimum atomic E-state index is 0.170. The van der Waals surface area contributed by atoms with E-state index in [1.54, 1.807) is 11.8 Å². The predicted octanol–water partition coefficient (Wildman–Crippen LogP) is 5.36. The second-order valence-corrected chi connectivity index (χ2v) is 10.3. The molecule has 0 atom stereocenters. The third-order valence-corrected chi connectivity index (χ3v) is 7.89. The van der Waals surface area contributed by atoms with Gasteiger partial charge in [-0.25, -0.2) is 0 Å². The number of hydrogen-bond donors (Lipinski definition) is 0. The summed E-state index contributed by atoms with van der Waals surface area (Å²) in [6.45, 7) is 4.16. The molecule has 3 aliphatic carbocycles. The van der Waals surface area contributed by atoms with Crippen LogP contribution in [0.25, 0.3) is 5.69 Å². The van der Waals surface area contributed by atoms with Crippen molar-refractivity contribution in [1.29, 1.82) is 0 Å². The van der Waals surface area contributed by atoms with Crippen LogP contribution in [0, 0.1) is 13.8 Å². The molecule has 6 rings (SSSR count). The van der Waals surface area contributed by atoms with Crippen molar-refractivity contribution in [3.63, 3.8) is 0 Å². The van der Waals surface area contributed by atoms with Crippen molar-refractivity contribution < 1.29 is 4.79 Å². The third kappa shape index (κ3) is 3.45. The Hall–Kier alpha value is -2.34. The molecule has 5 nitrogen and oxygen atoms in total. The second kappa shape index (κ2) is 7.37. The molecule has 31 heavy (non-hydrogen) atoms. The van der Waals surface area contributed by atoms with Gasteiger partial charge in [-0.1, -0.05) is 17.8 Å². The fourth-order valence-corrected chi connectivity index (χ4v) is 5.93. The van der Waals surface area contributed by atoms with Crippen LogP contribution >= 0.6 is 11.8 Å². The smallest absolute Gasteiger partial charge is 0.191 e. The number of benzene rings is 1. The van der Waals surface area contributed by atoms with E-state index in [0.29, 0.717) is 17.7 Å². The van der Waals surface area contributed by atoms with Gasteiger partial charge in [0.2, 0.25) is 0 Å². The number of carbonyl (C=O) groups is 1. The van der Waals surface area contributed by atoms with Crippen molar-refractivity contribution in [3.8, 4) is 5.69 Å². The van der Waals surface area contributed by atoms with E-state index in [1.807, 2.05) is 6.07 Å². The van der Waals surface area contributed by atoms with Gasteiger partial charge < -0.3 is 9.13 Å². The molecule has 0 radical (unpaired) electrons. The first-order chi connectivity index (χ1) is 15.1. The van der Waals surface area contributed by atoms with Crippen LogP contribution in [0.2, 0.25) is 0 Å². The summed E-state index contributed by atoms with van der Waals surface area (Å²) < 4.78 is 4.55. The van der Waals surface area contributed by atoms with E-state index in [4.69, 9.17) is 0 Å². The molecule has 0 N–H and O–H groups in total. The predicted molar refractivity (Wildman–Crippen MR) is 123 cm³/mol. The normalized spacial score (nSPS) is 17.9. The fraction of sp³-hybridized carbons (Fsp3) is 0.480. The lowest BCUT2D eigenvalue weighted by molar-refractivity contribution is 0.102. The lowest BCUT2D eigenvalue weighted by atomic mass is 10.1. The van der Waals surface area contributed by atoms with Crippen LogP contribution in [0.5, 0.6) is 0 Å². The summed E-state index contributed by atoms with van der Waals surface area (Å²) in [5.41, 5.74) is 7.07. The van der Waals surface area contributed by atoms with E-state index in [2.05, 4.69) is 51.4 Å². The van der Waals surface area contributed by atoms with Gasteiger partial charge in [0.15, 0.2) is 10.9 Å². The van der Waals surface area contributed by atoms with E-state index in [1.165, 1.54) is 55.3 Å². The Morgan fingerprint density at radius 1 is 1.06 bits per heavy atom. The van der Waals surface area contributed by atoms with Crippen LogP contribution < -0.4 is 0 Å². The summed E-state index contributed by atoms with van der Waals surface area (Å²) in [4.78, 5) is 13.2. The zero-order valence-electron chi connectivity index (χ0n) is 18.2. The average Bonchev–Trinajstić information content (AvgIpc) is 3.68. The summed E-state index contributed by atoms with van der Waals surface area (Å²) in [7, 11) is 0. The molecule has 2 aromatic heterocycles. The van der Waals surface area contributed by atoms with Crippen molar-refractivity contribution in [3.05, 3.63) is 58.2 Å². The maximum atomic E-state index is 13.2. The molecular weight excluding hydrogens is 404 g/mol. The number of aryl methyl sites for hydroxylation is 3. The first-order valence-corrected chi connectivity index (χ1v) is 12.5. The molecule has 0 unspecified atom stereocenters. The van der Waals surface area contributed by atoms with E-state index >= 15 is 0 Å². The summed E-state index contributed by atoms with van der Waals surface area (Å²) >= 11 is 1.55. The van der Waals surface area contributed by atoms with Crippen molar-refractivity contribution in [2.24, 2.45) is 0 Å². The number of aromatic nitrogens is 4. The Balaban J connectivity index is 1.23.